The van der Waals surface area contributed by atoms with Crippen molar-refractivity contribution in [2.24, 2.45) is 5.73 Å². The van der Waals surface area contributed by atoms with Gasteiger partial charge in [-0.2, -0.15) is 0 Å². The first-order valence-corrected chi connectivity index (χ1v) is 6.88. The maximum atomic E-state index is 13.5. The lowest BCUT2D eigenvalue weighted by atomic mass is 10.1. The summed E-state index contributed by atoms with van der Waals surface area (Å²) in [5.74, 6) is -0.637. The maximum Gasteiger partial charge on any atom is 0.132 e. The van der Waals surface area contributed by atoms with Crippen LogP contribution in [0.3, 0.4) is 0 Å². The van der Waals surface area contributed by atoms with E-state index in [-0.39, 0.29) is 12.6 Å². The SMILES string of the molecule is C[C@H](N)c1cc(Br)ccc1OCc1ccc(F)cc1F. The van der Waals surface area contributed by atoms with Crippen LogP contribution in [0.15, 0.2) is 40.9 Å². The Hall–Kier alpha value is -1.46. The minimum absolute atomic E-state index is 0.0213. The average molecular weight is 342 g/mol. The highest BCUT2D eigenvalue weighted by Crippen LogP contribution is 2.28. The number of halogens is 3. The molecule has 0 saturated carbocycles. The largest absolute Gasteiger partial charge is 0.488 e. The van der Waals surface area contributed by atoms with E-state index < -0.39 is 11.6 Å². The molecule has 0 aliphatic carbocycles. The van der Waals surface area contributed by atoms with E-state index in [9.17, 15) is 8.78 Å². The third-order valence-electron chi connectivity index (χ3n) is 2.86. The molecule has 2 rings (SSSR count). The first kappa shape index (κ1) is 14.9. The predicted octanol–water partition coefficient (Wildman–Crippen LogP) is 4.33. The van der Waals surface area contributed by atoms with Gasteiger partial charge in [-0.3, -0.25) is 0 Å². The molecule has 20 heavy (non-hydrogen) atoms. The summed E-state index contributed by atoms with van der Waals surface area (Å²) in [6.07, 6.45) is 0. The summed E-state index contributed by atoms with van der Waals surface area (Å²) in [7, 11) is 0. The summed E-state index contributed by atoms with van der Waals surface area (Å²) in [6.45, 7) is 1.86. The van der Waals surface area contributed by atoms with E-state index in [1.165, 1.54) is 12.1 Å². The lowest BCUT2D eigenvalue weighted by Gasteiger charge is -2.14. The van der Waals surface area contributed by atoms with E-state index in [1.807, 2.05) is 19.1 Å². The number of hydrogen-bond donors (Lipinski definition) is 1. The summed E-state index contributed by atoms with van der Waals surface area (Å²) >= 11 is 3.37. The number of ether oxygens (including phenoxy) is 1. The predicted molar refractivity (Wildman–Crippen MR) is 77.4 cm³/mol. The van der Waals surface area contributed by atoms with Gasteiger partial charge < -0.3 is 10.5 Å². The number of rotatable bonds is 4. The van der Waals surface area contributed by atoms with E-state index in [2.05, 4.69) is 15.9 Å². The molecule has 2 aromatic carbocycles. The van der Waals surface area contributed by atoms with Gasteiger partial charge in [-0.05, 0) is 37.3 Å². The van der Waals surface area contributed by atoms with Crippen LogP contribution in [0.4, 0.5) is 8.78 Å². The van der Waals surface area contributed by atoms with Gasteiger partial charge in [0.1, 0.15) is 24.0 Å². The topological polar surface area (TPSA) is 35.2 Å². The van der Waals surface area contributed by atoms with Crippen LogP contribution in [-0.2, 0) is 6.61 Å². The van der Waals surface area contributed by atoms with Crippen molar-refractivity contribution in [2.45, 2.75) is 19.6 Å². The van der Waals surface area contributed by atoms with Crippen molar-refractivity contribution < 1.29 is 13.5 Å². The molecule has 0 aliphatic rings. The second-order valence-corrected chi connectivity index (χ2v) is 5.41. The third-order valence-corrected chi connectivity index (χ3v) is 3.35. The molecule has 2 nitrogen and oxygen atoms in total. The summed E-state index contributed by atoms with van der Waals surface area (Å²) in [5, 5.41) is 0. The van der Waals surface area contributed by atoms with Gasteiger partial charge in [0.05, 0.1) is 0 Å². The molecule has 0 aromatic heterocycles. The Morgan fingerprint density at radius 2 is 1.95 bits per heavy atom. The molecule has 0 saturated heterocycles. The Bertz CT molecular complexity index is 617. The first-order chi connectivity index (χ1) is 9.47. The summed E-state index contributed by atoms with van der Waals surface area (Å²) in [6, 6.07) is 8.66. The quantitative estimate of drug-likeness (QED) is 0.898. The van der Waals surface area contributed by atoms with E-state index >= 15 is 0 Å². The van der Waals surface area contributed by atoms with Crippen LogP contribution in [0.5, 0.6) is 5.75 Å². The average Bonchev–Trinajstić information content (AvgIpc) is 2.38. The van der Waals surface area contributed by atoms with Crippen molar-refractivity contribution in [1.82, 2.24) is 0 Å². The van der Waals surface area contributed by atoms with Gasteiger partial charge in [0.25, 0.3) is 0 Å². The molecule has 106 valence electrons. The lowest BCUT2D eigenvalue weighted by Crippen LogP contribution is -2.08. The normalized spacial score (nSPS) is 12.2. The van der Waals surface area contributed by atoms with Gasteiger partial charge >= 0.3 is 0 Å². The van der Waals surface area contributed by atoms with Gasteiger partial charge in [0.2, 0.25) is 0 Å². The number of nitrogens with two attached hydrogens (primary N) is 1. The fraction of sp³-hybridized carbons (Fsp3) is 0.200. The van der Waals surface area contributed by atoms with Crippen molar-refractivity contribution in [2.75, 3.05) is 0 Å². The molecule has 0 aliphatic heterocycles. The van der Waals surface area contributed by atoms with Crippen molar-refractivity contribution in [3.05, 3.63) is 63.6 Å². The monoisotopic (exact) mass is 341 g/mol. The van der Waals surface area contributed by atoms with Crippen LogP contribution in [0.1, 0.15) is 24.1 Å². The van der Waals surface area contributed by atoms with Crippen molar-refractivity contribution >= 4 is 15.9 Å². The highest BCUT2D eigenvalue weighted by Gasteiger charge is 2.10. The van der Waals surface area contributed by atoms with Crippen molar-refractivity contribution in [3.63, 3.8) is 0 Å². The molecule has 0 bridgehead atoms. The Morgan fingerprint density at radius 3 is 2.60 bits per heavy atom. The Balaban J connectivity index is 2.18. The molecule has 0 fully saturated rings. The van der Waals surface area contributed by atoms with Crippen LogP contribution in [0, 0.1) is 11.6 Å². The van der Waals surface area contributed by atoms with Gasteiger partial charge in [-0.25, -0.2) is 8.78 Å². The van der Waals surface area contributed by atoms with Crippen LogP contribution >= 0.6 is 15.9 Å². The maximum absolute atomic E-state index is 13.5. The van der Waals surface area contributed by atoms with Gasteiger partial charge in [-0.1, -0.05) is 15.9 Å². The zero-order valence-corrected chi connectivity index (χ0v) is 12.5. The molecule has 0 spiro atoms. The highest BCUT2D eigenvalue weighted by atomic mass is 79.9. The van der Waals surface area contributed by atoms with Crippen LogP contribution in [0.25, 0.3) is 0 Å². The molecule has 0 heterocycles. The zero-order chi connectivity index (χ0) is 14.7. The van der Waals surface area contributed by atoms with Gasteiger partial charge in [0.15, 0.2) is 0 Å². The van der Waals surface area contributed by atoms with Crippen LogP contribution < -0.4 is 10.5 Å². The Labute approximate surface area is 124 Å². The van der Waals surface area contributed by atoms with E-state index in [4.69, 9.17) is 10.5 Å². The summed E-state index contributed by atoms with van der Waals surface area (Å²) in [4.78, 5) is 0. The van der Waals surface area contributed by atoms with Crippen LogP contribution in [-0.4, -0.2) is 0 Å². The van der Waals surface area contributed by atoms with Crippen molar-refractivity contribution in [3.8, 4) is 5.75 Å². The van der Waals surface area contributed by atoms with Crippen molar-refractivity contribution in [1.29, 1.82) is 0 Å². The van der Waals surface area contributed by atoms with Crippen LogP contribution in [0.2, 0.25) is 0 Å². The second kappa shape index (κ2) is 6.33. The number of hydrogen-bond acceptors (Lipinski definition) is 2. The standard InChI is InChI=1S/C15H14BrF2NO/c1-9(19)13-6-11(16)3-5-15(13)20-8-10-2-4-12(17)7-14(10)18/h2-7,9H,8,19H2,1H3/t9-/m0/s1. The molecule has 2 N–H and O–H groups in total. The molecule has 1 atom stereocenters. The molecule has 0 radical (unpaired) electrons. The minimum atomic E-state index is -0.621. The highest BCUT2D eigenvalue weighted by molar-refractivity contribution is 9.10. The van der Waals surface area contributed by atoms with E-state index in [0.717, 1.165) is 16.1 Å². The molecular formula is C15H14BrF2NO. The molecular weight excluding hydrogens is 328 g/mol. The third kappa shape index (κ3) is 3.55. The fourth-order valence-electron chi connectivity index (χ4n) is 1.80. The zero-order valence-electron chi connectivity index (χ0n) is 10.9. The molecule has 5 heteroatoms. The lowest BCUT2D eigenvalue weighted by molar-refractivity contribution is 0.295. The second-order valence-electron chi connectivity index (χ2n) is 4.50. The molecule has 0 unspecified atom stereocenters. The molecule has 0 amide bonds. The Kier molecular flexibility index (Phi) is 4.73. The van der Waals surface area contributed by atoms with Gasteiger partial charge in [0, 0.05) is 27.7 Å². The summed E-state index contributed by atoms with van der Waals surface area (Å²) in [5.41, 5.74) is 7.00. The summed E-state index contributed by atoms with van der Waals surface area (Å²) < 4.78 is 32.8. The molecule has 2 aromatic rings. The van der Waals surface area contributed by atoms with E-state index in [0.29, 0.717) is 11.3 Å². The number of benzene rings is 2. The van der Waals surface area contributed by atoms with Gasteiger partial charge in [-0.15, -0.1) is 0 Å². The minimum Gasteiger partial charge on any atom is -0.488 e. The van der Waals surface area contributed by atoms with E-state index in [1.54, 1.807) is 6.07 Å². The Morgan fingerprint density at radius 1 is 1.20 bits per heavy atom. The smallest absolute Gasteiger partial charge is 0.132 e. The first-order valence-electron chi connectivity index (χ1n) is 6.09. The fourth-order valence-corrected chi connectivity index (χ4v) is 2.18.